The van der Waals surface area contributed by atoms with Gasteiger partial charge in [0.2, 0.25) is 29.4 Å². The number of nitrogens with zero attached hydrogens (tertiary/aromatic N) is 1. The Morgan fingerprint density at radius 3 is 1.93 bits per heavy atom. The van der Waals surface area contributed by atoms with Crippen molar-refractivity contribution >= 4 is 41.3 Å². The number of likely N-dealkylation sites (tertiary alicyclic amines) is 1. The number of nitrogens with one attached hydrogen (secondary N) is 4. The second-order valence-corrected chi connectivity index (χ2v) is 14.5. The molecule has 2 rings (SSSR count). The molecule has 0 bridgehead atoms. The summed E-state index contributed by atoms with van der Waals surface area (Å²) < 4.78 is 4.55. The van der Waals surface area contributed by atoms with Crippen molar-refractivity contribution in [3.63, 3.8) is 0 Å². The van der Waals surface area contributed by atoms with Crippen LogP contribution in [0.15, 0.2) is 0 Å². The minimum Gasteiger partial charge on any atom is -0.453 e. The zero-order valence-electron chi connectivity index (χ0n) is 28.5. The number of methoxy groups -OCH3 is 1. The van der Waals surface area contributed by atoms with E-state index < -0.39 is 82.3 Å². The summed E-state index contributed by atoms with van der Waals surface area (Å²) in [5, 5.41) is 10.7. The van der Waals surface area contributed by atoms with E-state index in [4.69, 9.17) is 0 Å². The Hall–Kier alpha value is -3.51. The molecule has 2 fully saturated rings. The standard InChI is InChI=1S/C32H53N5O8/c1-11-13-21(23(39)18(3)38)34-27(41)22-20-15-12-14-19(20)16-37(22)29(43)25(32(7,8)9)36-28(42)24(31(4,5)6)35-26(40)17(2)33-30(44)45-10/h17,19-22,24-25H,11-16H2,1-10H3,(H,33,44)(H,34,41)(H,35,40)(H,36,42)/t17-,19+,20+,21+,22+,24-,25-/m1/s1. The van der Waals surface area contributed by atoms with Crippen molar-refractivity contribution in [1.82, 2.24) is 26.2 Å². The first-order valence-corrected chi connectivity index (χ1v) is 15.8. The van der Waals surface area contributed by atoms with E-state index in [2.05, 4.69) is 26.0 Å². The average molecular weight is 636 g/mol. The number of Topliss-reactive ketones (excluding diaryl/α,β-unsaturated/α-hetero) is 2. The lowest BCUT2D eigenvalue weighted by Crippen LogP contribution is -2.63. The highest BCUT2D eigenvalue weighted by molar-refractivity contribution is 6.38. The molecule has 0 unspecified atom stereocenters. The van der Waals surface area contributed by atoms with E-state index >= 15 is 0 Å². The van der Waals surface area contributed by atoms with E-state index in [1.54, 1.807) is 41.5 Å². The van der Waals surface area contributed by atoms with Gasteiger partial charge in [0, 0.05) is 13.5 Å². The minimum absolute atomic E-state index is 0.0968. The highest BCUT2D eigenvalue weighted by atomic mass is 16.5. The molecule has 13 heteroatoms. The first-order chi connectivity index (χ1) is 20.7. The van der Waals surface area contributed by atoms with Crippen LogP contribution in [-0.4, -0.2) is 90.1 Å². The van der Waals surface area contributed by atoms with Crippen LogP contribution in [0, 0.1) is 22.7 Å². The topological polar surface area (TPSA) is 180 Å². The first kappa shape index (κ1) is 37.7. The average Bonchev–Trinajstić information content (AvgIpc) is 3.53. The van der Waals surface area contributed by atoms with Crippen LogP contribution in [0.5, 0.6) is 0 Å². The number of ketones is 2. The molecule has 1 aliphatic carbocycles. The zero-order chi connectivity index (χ0) is 34.4. The molecule has 1 saturated carbocycles. The molecule has 1 saturated heterocycles. The van der Waals surface area contributed by atoms with Crippen molar-refractivity contribution in [2.75, 3.05) is 13.7 Å². The van der Waals surface area contributed by atoms with E-state index in [9.17, 15) is 33.6 Å². The third kappa shape index (κ3) is 9.49. The van der Waals surface area contributed by atoms with Gasteiger partial charge in [-0.3, -0.25) is 28.8 Å². The number of ether oxygens (including phenoxy) is 1. The molecule has 0 radical (unpaired) electrons. The number of alkyl carbamates (subject to hydrolysis) is 1. The monoisotopic (exact) mass is 635 g/mol. The summed E-state index contributed by atoms with van der Waals surface area (Å²) in [7, 11) is 1.17. The molecular weight excluding hydrogens is 582 g/mol. The molecule has 1 heterocycles. The van der Waals surface area contributed by atoms with Crippen LogP contribution in [0.1, 0.15) is 94.4 Å². The smallest absolute Gasteiger partial charge is 0.407 e. The predicted molar refractivity (Wildman–Crippen MR) is 167 cm³/mol. The van der Waals surface area contributed by atoms with Gasteiger partial charge in [-0.05, 0) is 48.9 Å². The molecule has 5 amide bonds. The normalized spacial score (nSPS) is 22.3. The van der Waals surface area contributed by atoms with Crippen molar-refractivity contribution < 1.29 is 38.3 Å². The summed E-state index contributed by atoms with van der Waals surface area (Å²) in [6.45, 7) is 15.5. The number of carbonyl (C=O) groups is 7. The largest absolute Gasteiger partial charge is 0.453 e. The van der Waals surface area contributed by atoms with Gasteiger partial charge < -0.3 is 30.9 Å². The fourth-order valence-corrected chi connectivity index (χ4v) is 6.21. The molecule has 0 aromatic rings. The molecule has 0 spiro atoms. The van der Waals surface area contributed by atoms with Crippen LogP contribution < -0.4 is 21.3 Å². The summed E-state index contributed by atoms with van der Waals surface area (Å²) in [6, 6.07) is -4.95. The first-order valence-electron chi connectivity index (χ1n) is 15.8. The molecule has 0 aromatic heterocycles. The van der Waals surface area contributed by atoms with Crippen molar-refractivity contribution in [2.24, 2.45) is 22.7 Å². The number of hydrogen-bond donors (Lipinski definition) is 4. The second kappa shape index (κ2) is 15.2. The van der Waals surface area contributed by atoms with E-state index in [-0.39, 0.29) is 11.8 Å². The van der Waals surface area contributed by atoms with Gasteiger partial charge in [0.25, 0.3) is 0 Å². The van der Waals surface area contributed by atoms with Crippen LogP contribution in [0.4, 0.5) is 4.79 Å². The predicted octanol–water partition coefficient (Wildman–Crippen LogP) is 1.86. The highest BCUT2D eigenvalue weighted by Crippen LogP contribution is 2.43. The summed E-state index contributed by atoms with van der Waals surface area (Å²) in [5.41, 5.74) is -1.56. The maximum Gasteiger partial charge on any atom is 0.407 e. The second-order valence-electron chi connectivity index (χ2n) is 14.5. The maximum atomic E-state index is 14.3. The van der Waals surface area contributed by atoms with Crippen molar-refractivity contribution in [2.45, 2.75) is 125 Å². The molecule has 2 aliphatic rings. The van der Waals surface area contributed by atoms with Gasteiger partial charge in [-0.2, -0.15) is 0 Å². The van der Waals surface area contributed by atoms with E-state index in [1.807, 2.05) is 6.92 Å². The van der Waals surface area contributed by atoms with Crippen LogP contribution in [-0.2, 0) is 33.5 Å². The van der Waals surface area contributed by atoms with Crippen molar-refractivity contribution in [3.8, 4) is 0 Å². The van der Waals surface area contributed by atoms with E-state index in [0.29, 0.717) is 19.4 Å². The van der Waals surface area contributed by atoms with Crippen LogP contribution in [0.3, 0.4) is 0 Å². The number of rotatable bonds is 12. The Morgan fingerprint density at radius 1 is 0.844 bits per heavy atom. The van der Waals surface area contributed by atoms with Gasteiger partial charge in [0.15, 0.2) is 5.78 Å². The Kier molecular flexibility index (Phi) is 12.7. The molecule has 0 aromatic carbocycles. The summed E-state index contributed by atoms with van der Waals surface area (Å²) in [6.07, 6.45) is 2.59. The van der Waals surface area contributed by atoms with Crippen molar-refractivity contribution in [1.29, 1.82) is 0 Å². The Balaban J connectivity index is 2.37. The molecular formula is C32H53N5O8. The van der Waals surface area contributed by atoms with E-state index in [0.717, 1.165) is 19.3 Å². The SMILES string of the molecule is CCC[C@H](NC(=O)[C@@H]1[C@H]2CCC[C@H]2CN1C(=O)[C@@H](NC(=O)[C@@H](NC(=O)[C@@H](C)NC(=O)OC)C(C)(C)C)C(C)(C)C)C(=O)C(C)=O. The van der Waals surface area contributed by atoms with E-state index in [1.165, 1.54) is 25.9 Å². The molecule has 45 heavy (non-hydrogen) atoms. The third-order valence-corrected chi connectivity index (χ3v) is 8.73. The maximum absolute atomic E-state index is 14.3. The Morgan fingerprint density at radius 2 is 1.42 bits per heavy atom. The molecule has 13 nitrogen and oxygen atoms in total. The summed E-state index contributed by atoms with van der Waals surface area (Å²) in [4.78, 5) is 92.4. The quantitative estimate of drug-likeness (QED) is 0.235. The fraction of sp³-hybridized carbons (Fsp3) is 0.781. The lowest BCUT2D eigenvalue weighted by atomic mass is 9.82. The van der Waals surface area contributed by atoms with Gasteiger partial charge in [0.05, 0.1) is 13.2 Å². The minimum atomic E-state index is -1.08. The third-order valence-electron chi connectivity index (χ3n) is 8.73. The molecule has 7 atom stereocenters. The Bertz CT molecular complexity index is 1160. The number of fused-ring (bicyclic) bond motifs is 1. The Labute approximate surface area is 266 Å². The van der Waals surface area contributed by atoms with Crippen LogP contribution in [0.2, 0.25) is 0 Å². The van der Waals surface area contributed by atoms with Crippen molar-refractivity contribution in [3.05, 3.63) is 0 Å². The van der Waals surface area contributed by atoms with Crippen LogP contribution in [0.25, 0.3) is 0 Å². The van der Waals surface area contributed by atoms with Gasteiger partial charge in [-0.1, -0.05) is 61.3 Å². The number of carbonyl (C=O) groups excluding carboxylic acids is 7. The van der Waals surface area contributed by atoms with Crippen LogP contribution >= 0.6 is 0 Å². The fourth-order valence-electron chi connectivity index (χ4n) is 6.21. The molecule has 1 aliphatic heterocycles. The number of amides is 5. The van der Waals surface area contributed by atoms with Gasteiger partial charge in [0.1, 0.15) is 24.2 Å². The van der Waals surface area contributed by atoms with Gasteiger partial charge in [-0.15, -0.1) is 0 Å². The number of hydrogen-bond acceptors (Lipinski definition) is 8. The highest BCUT2D eigenvalue weighted by Gasteiger charge is 2.52. The lowest BCUT2D eigenvalue weighted by Gasteiger charge is -2.38. The zero-order valence-corrected chi connectivity index (χ0v) is 28.5. The molecule has 4 N–H and O–H groups in total. The summed E-state index contributed by atoms with van der Waals surface area (Å²) in [5.74, 6) is -3.44. The summed E-state index contributed by atoms with van der Waals surface area (Å²) >= 11 is 0. The van der Waals surface area contributed by atoms with Gasteiger partial charge in [-0.25, -0.2) is 4.79 Å². The molecule has 254 valence electrons. The van der Waals surface area contributed by atoms with Gasteiger partial charge >= 0.3 is 6.09 Å². The lowest BCUT2D eigenvalue weighted by molar-refractivity contribution is -0.146.